The molecule has 2 aromatic heterocycles. The molecule has 0 spiro atoms. The van der Waals surface area contributed by atoms with Gasteiger partial charge in [0, 0.05) is 13.1 Å². The second kappa shape index (κ2) is 3.66. The van der Waals surface area contributed by atoms with Gasteiger partial charge in [0.2, 0.25) is 5.28 Å². The maximum atomic E-state index is 5.83. The van der Waals surface area contributed by atoms with Crippen LogP contribution in [0, 0.1) is 0 Å². The highest BCUT2D eigenvalue weighted by atomic mass is 35.5. The zero-order valence-electron chi connectivity index (χ0n) is 8.82. The largest absolute Gasteiger partial charge is 0.367 e. The lowest BCUT2D eigenvalue weighted by molar-refractivity contribution is 0.785. The molecular weight excluding hydrogens is 214 g/mol. The number of rotatable bonds is 2. The van der Waals surface area contributed by atoms with Gasteiger partial charge in [-0.1, -0.05) is 0 Å². The molecule has 2 heterocycles. The van der Waals surface area contributed by atoms with E-state index in [1.54, 1.807) is 10.9 Å². The van der Waals surface area contributed by atoms with Crippen molar-refractivity contribution in [1.82, 2.24) is 19.7 Å². The number of hydrogen-bond acceptors (Lipinski definition) is 4. The topological polar surface area (TPSA) is 55.6 Å². The minimum absolute atomic E-state index is 0.231. The predicted molar refractivity (Wildman–Crippen MR) is 60.1 cm³/mol. The van der Waals surface area contributed by atoms with Crippen molar-refractivity contribution in [2.45, 2.75) is 19.9 Å². The minimum atomic E-state index is 0.231. The minimum Gasteiger partial charge on any atom is -0.367 e. The first-order chi connectivity index (χ1) is 7.08. The van der Waals surface area contributed by atoms with E-state index in [2.05, 4.69) is 20.4 Å². The standard InChI is InChI=1S/C9H12ClN5/c1-5(2)12-7-6-4-11-15(3)8(6)14-9(10)13-7/h4-5H,1-3H3,(H,12,13,14). The van der Waals surface area contributed by atoms with E-state index in [0.717, 1.165) is 16.9 Å². The van der Waals surface area contributed by atoms with E-state index in [1.807, 2.05) is 20.9 Å². The van der Waals surface area contributed by atoms with E-state index >= 15 is 0 Å². The second-order valence-corrected chi connectivity index (χ2v) is 3.98. The summed E-state index contributed by atoms with van der Waals surface area (Å²) in [5, 5.41) is 8.45. The van der Waals surface area contributed by atoms with Crippen LogP contribution in [0.15, 0.2) is 6.20 Å². The Kier molecular flexibility index (Phi) is 2.48. The number of anilines is 1. The summed E-state index contributed by atoms with van der Waals surface area (Å²) in [6.07, 6.45) is 1.73. The van der Waals surface area contributed by atoms with Crippen LogP contribution in [0.3, 0.4) is 0 Å². The lowest BCUT2D eigenvalue weighted by Crippen LogP contribution is -2.11. The SMILES string of the molecule is CC(C)Nc1nc(Cl)nc2c1cnn2C. The Labute approximate surface area is 92.5 Å². The monoisotopic (exact) mass is 225 g/mol. The van der Waals surface area contributed by atoms with Crippen LogP contribution < -0.4 is 5.32 Å². The highest BCUT2D eigenvalue weighted by molar-refractivity contribution is 6.28. The molecular formula is C9H12ClN5. The molecule has 0 aliphatic heterocycles. The zero-order valence-corrected chi connectivity index (χ0v) is 9.58. The first kappa shape index (κ1) is 10.2. The molecule has 0 amide bonds. The van der Waals surface area contributed by atoms with Crippen LogP contribution in [-0.4, -0.2) is 25.8 Å². The molecule has 15 heavy (non-hydrogen) atoms. The first-order valence-electron chi connectivity index (χ1n) is 4.69. The summed E-state index contributed by atoms with van der Waals surface area (Å²) in [6, 6.07) is 0.291. The molecule has 0 radical (unpaired) electrons. The molecule has 0 atom stereocenters. The van der Waals surface area contributed by atoms with E-state index in [9.17, 15) is 0 Å². The third-order valence-electron chi connectivity index (χ3n) is 1.99. The van der Waals surface area contributed by atoms with Gasteiger partial charge in [-0.25, -0.2) is 0 Å². The molecule has 5 nitrogen and oxygen atoms in total. The average Bonchev–Trinajstić information content (AvgIpc) is 2.47. The lowest BCUT2D eigenvalue weighted by atomic mass is 10.3. The van der Waals surface area contributed by atoms with E-state index in [-0.39, 0.29) is 5.28 Å². The molecule has 80 valence electrons. The van der Waals surface area contributed by atoms with Crippen molar-refractivity contribution >= 4 is 28.5 Å². The van der Waals surface area contributed by atoms with Gasteiger partial charge in [-0.2, -0.15) is 15.1 Å². The Morgan fingerprint density at radius 1 is 1.40 bits per heavy atom. The Bertz CT molecular complexity index is 490. The Morgan fingerprint density at radius 3 is 2.80 bits per heavy atom. The molecule has 0 aromatic carbocycles. The Morgan fingerprint density at radius 2 is 2.13 bits per heavy atom. The van der Waals surface area contributed by atoms with Gasteiger partial charge in [0.05, 0.1) is 11.6 Å². The predicted octanol–water partition coefficient (Wildman–Crippen LogP) is 1.84. The number of aromatic nitrogens is 4. The van der Waals surface area contributed by atoms with Gasteiger partial charge >= 0.3 is 0 Å². The average molecular weight is 226 g/mol. The maximum Gasteiger partial charge on any atom is 0.226 e. The Hall–Kier alpha value is -1.36. The van der Waals surface area contributed by atoms with Crippen LogP contribution in [0.4, 0.5) is 5.82 Å². The highest BCUT2D eigenvalue weighted by Gasteiger charge is 2.10. The zero-order chi connectivity index (χ0) is 11.0. The van der Waals surface area contributed by atoms with Crippen molar-refractivity contribution in [3.05, 3.63) is 11.5 Å². The number of hydrogen-bond donors (Lipinski definition) is 1. The highest BCUT2D eigenvalue weighted by Crippen LogP contribution is 2.21. The van der Waals surface area contributed by atoms with Gasteiger partial charge in [0.1, 0.15) is 5.82 Å². The molecule has 0 saturated carbocycles. The molecule has 2 aromatic rings. The molecule has 0 aliphatic rings. The molecule has 0 bridgehead atoms. The third-order valence-corrected chi connectivity index (χ3v) is 2.16. The lowest BCUT2D eigenvalue weighted by Gasteiger charge is -2.09. The quantitative estimate of drug-likeness (QED) is 0.793. The Balaban J connectivity index is 2.61. The fraction of sp³-hybridized carbons (Fsp3) is 0.444. The van der Waals surface area contributed by atoms with Crippen molar-refractivity contribution in [2.24, 2.45) is 7.05 Å². The van der Waals surface area contributed by atoms with Crippen LogP contribution in [-0.2, 0) is 7.05 Å². The summed E-state index contributed by atoms with van der Waals surface area (Å²) >= 11 is 5.83. The van der Waals surface area contributed by atoms with Crippen LogP contribution in [0.5, 0.6) is 0 Å². The van der Waals surface area contributed by atoms with Gasteiger partial charge in [0.25, 0.3) is 0 Å². The summed E-state index contributed by atoms with van der Waals surface area (Å²) in [6.45, 7) is 4.08. The molecule has 1 N–H and O–H groups in total. The number of fused-ring (bicyclic) bond motifs is 1. The van der Waals surface area contributed by atoms with E-state index in [4.69, 9.17) is 11.6 Å². The van der Waals surface area contributed by atoms with Crippen molar-refractivity contribution in [1.29, 1.82) is 0 Å². The van der Waals surface area contributed by atoms with Crippen molar-refractivity contribution < 1.29 is 0 Å². The maximum absolute atomic E-state index is 5.83. The van der Waals surface area contributed by atoms with Gasteiger partial charge in [-0.15, -0.1) is 0 Å². The fourth-order valence-electron chi connectivity index (χ4n) is 1.38. The summed E-state index contributed by atoms with van der Waals surface area (Å²) in [5.74, 6) is 0.730. The van der Waals surface area contributed by atoms with Crippen LogP contribution in [0.25, 0.3) is 11.0 Å². The van der Waals surface area contributed by atoms with Crippen LogP contribution in [0.2, 0.25) is 5.28 Å². The van der Waals surface area contributed by atoms with E-state index in [1.165, 1.54) is 0 Å². The van der Waals surface area contributed by atoms with Crippen LogP contribution >= 0.6 is 11.6 Å². The molecule has 0 fully saturated rings. The summed E-state index contributed by atoms with van der Waals surface area (Å²) in [4.78, 5) is 8.26. The number of nitrogens with one attached hydrogen (secondary N) is 1. The summed E-state index contributed by atoms with van der Waals surface area (Å²) in [5.41, 5.74) is 0.734. The number of halogens is 1. The molecule has 6 heteroatoms. The van der Waals surface area contributed by atoms with Gasteiger partial charge in [-0.3, -0.25) is 4.68 Å². The number of nitrogens with zero attached hydrogens (tertiary/aromatic N) is 4. The summed E-state index contributed by atoms with van der Waals surface area (Å²) < 4.78 is 1.68. The van der Waals surface area contributed by atoms with Gasteiger partial charge < -0.3 is 5.32 Å². The van der Waals surface area contributed by atoms with Crippen molar-refractivity contribution in [3.8, 4) is 0 Å². The molecule has 0 unspecified atom stereocenters. The van der Waals surface area contributed by atoms with Crippen molar-refractivity contribution in [2.75, 3.05) is 5.32 Å². The number of aryl methyl sites for hydroxylation is 1. The summed E-state index contributed by atoms with van der Waals surface area (Å²) in [7, 11) is 1.82. The molecule has 0 saturated heterocycles. The van der Waals surface area contributed by atoms with E-state index < -0.39 is 0 Å². The third kappa shape index (κ3) is 1.87. The smallest absolute Gasteiger partial charge is 0.226 e. The van der Waals surface area contributed by atoms with Gasteiger partial charge in [0.15, 0.2) is 5.65 Å². The second-order valence-electron chi connectivity index (χ2n) is 3.65. The van der Waals surface area contributed by atoms with Crippen molar-refractivity contribution in [3.63, 3.8) is 0 Å². The normalized spacial score (nSPS) is 11.3. The molecule has 2 rings (SSSR count). The fourth-order valence-corrected chi connectivity index (χ4v) is 1.54. The molecule has 0 aliphatic carbocycles. The van der Waals surface area contributed by atoms with E-state index in [0.29, 0.717) is 6.04 Å². The van der Waals surface area contributed by atoms with Gasteiger partial charge in [-0.05, 0) is 25.4 Å². The first-order valence-corrected chi connectivity index (χ1v) is 5.07. The van der Waals surface area contributed by atoms with Crippen LogP contribution in [0.1, 0.15) is 13.8 Å².